The summed E-state index contributed by atoms with van der Waals surface area (Å²) in [4.78, 5) is 0.148. The van der Waals surface area contributed by atoms with Crippen molar-refractivity contribution >= 4 is 0 Å². The molecule has 0 saturated carbocycles. The molecular formula is C5H12N3NaO3. The van der Waals surface area contributed by atoms with Gasteiger partial charge in [0.05, 0.1) is 18.1 Å². The number of hydrazine groups is 1. The second-order valence-electron chi connectivity index (χ2n) is 2.59. The topological polar surface area (TPSA) is 82.1 Å². The van der Waals surface area contributed by atoms with E-state index in [1.165, 1.54) is 5.01 Å². The van der Waals surface area contributed by atoms with Crippen LogP contribution in [0, 0.1) is 11.1 Å². The standard InChI is InChI=1S/C5H11N3O3.Na.H/c9-4-5-1-2-7(3-5)8(11)6-10;;/h5,9-10H,1-4H2;;/q;+1;-1/b8-6+;;. The third-order valence-corrected chi connectivity index (χ3v) is 1.84. The molecule has 1 aliphatic heterocycles. The van der Waals surface area contributed by atoms with E-state index in [0.717, 1.165) is 6.42 Å². The fraction of sp³-hybridized carbons (Fsp3) is 1.00. The van der Waals surface area contributed by atoms with Gasteiger partial charge in [0.15, 0.2) is 0 Å². The fourth-order valence-corrected chi connectivity index (χ4v) is 1.17. The predicted octanol–water partition coefficient (Wildman–Crippen LogP) is -3.32. The average molecular weight is 185 g/mol. The first-order chi connectivity index (χ1) is 5.27. The largest absolute Gasteiger partial charge is 1.00 e. The molecule has 0 spiro atoms. The number of hydrogen-bond acceptors (Lipinski definition) is 3. The fourth-order valence-electron chi connectivity index (χ4n) is 1.17. The van der Waals surface area contributed by atoms with Crippen LogP contribution in [-0.2, 0) is 0 Å². The first-order valence-electron chi connectivity index (χ1n) is 3.46. The van der Waals surface area contributed by atoms with Crippen molar-refractivity contribution in [3.63, 3.8) is 0 Å². The maximum atomic E-state index is 10.6. The first-order valence-corrected chi connectivity index (χ1v) is 3.46. The number of hydrogen-bond donors (Lipinski definition) is 2. The van der Waals surface area contributed by atoms with E-state index < -0.39 is 0 Å². The molecule has 1 saturated heterocycles. The van der Waals surface area contributed by atoms with Gasteiger partial charge in [-0.1, -0.05) is 0 Å². The maximum Gasteiger partial charge on any atom is 1.00 e. The third-order valence-electron chi connectivity index (χ3n) is 1.84. The van der Waals surface area contributed by atoms with Crippen molar-refractivity contribution in [1.82, 2.24) is 5.01 Å². The number of rotatable bonds is 2. The molecule has 0 aromatic heterocycles. The molecule has 0 aliphatic carbocycles. The Bertz CT molecular complexity index is 171. The summed E-state index contributed by atoms with van der Waals surface area (Å²) in [6, 6.07) is 0. The molecule has 1 aliphatic rings. The van der Waals surface area contributed by atoms with Gasteiger partial charge in [-0.15, -0.1) is 5.01 Å². The van der Waals surface area contributed by atoms with Crippen molar-refractivity contribution in [2.24, 2.45) is 11.2 Å². The van der Waals surface area contributed by atoms with Gasteiger partial charge in [0.2, 0.25) is 5.28 Å². The van der Waals surface area contributed by atoms with Gasteiger partial charge in [-0.05, 0) is 6.42 Å². The second kappa shape index (κ2) is 5.58. The minimum absolute atomic E-state index is 0. The minimum Gasteiger partial charge on any atom is -1.00 e. The second-order valence-corrected chi connectivity index (χ2v) is 2.59. The van der Waals surface area contributed by atoms with E-state index in [-0.39, 0.29) is 48.5 Å². The maximum absolute atomic E-state index is 10.6. The Morgan fingerprint density at radius 2 is 2.42 bits per heavy atom. The molecule has 1 heterocycles. The minimum atomic E-state index is 0. The van der Waals surface area contributed by atoms with Crippen LogP contribution in [0.1, 0.15) is 7.85 Å². The summed E-state index contributed by atoms with van der Waals surface area (Å²) in [6.45, 7) is 1.08. The van der Waals surface area contributed by atoms with Crippen molar-refractivity contribution in [2.45, 2.75) is 6.42 Å². The van der Waals surface area contributed by atoms with E-state index in [1.54, 1.807) is 0 Å². The van der Waals surface area contributed by atoms with Crippen LogP contribution in [0.25, 0.3) is 0 Å². The van der Waals surface area contributed by atoms with E-state index in [0.29, 0.717) is 13.1 Å². The summed E-state index contributed by atoms with van der Waals surface area (Å²) < 4.78 is 0. The van der Waals surface area contributed by atoms with E-state index in [1.807, 2.05) is 0 Å². The van der Waals surface area contributed by atoms with Gasteiger partial charge in [-0.25, -0.2) is 0 Å². The SMILES string of the molecule is [H-].[Na+].[O-]/[N+](=N/O)N1CCC(CO)C1. The number of aliphatic hydroxyl groups is 1. The summed E-state index contributed by atoms with van der Waals surface area (Å²) in [5, 5.41) is 31.2. The molecule has 1 fully saturated rings. The van der Waals surface area contributed by atoms with Crippen LogP contribution in [-0.4, -0.2) is 40.0 Å². The van der Waals surface area contributed by atoms with E-state index >= 15 is 0 Å². The molecule has 12 heavy (non-hydrogen) atoms. The molecule has 1 rings (SSSR count). The van der Waals surface area contributed by atoms with Crippen LogP contribution in [0.15, 0.2) is 5.28 Å². The van der Waals surface area contributed by atoms with Crippen molar-refractivity contribution in [2.75, 3.05) is 19.7 Å². The van der Waals surface area contributed by atoms with Crippen molar-refractivity contribution in [3.8, 4) is 0 Å². The Kier molecular flexibility index (Phi) is 5.56. The molecule has 0 aromatic carbocycles. The normalized spacial score (nSPS) is 23.9. The molecule has 1 atom stereocenters. The molecule has 0 aromatic rings. The van der Waals surface area contributed by atoms with Gasteiger partial charge in [0.1, 0.15) is 0 Å². The van der Waals surface area contributed by atoms with Gasteiger partial charge in [0, 0.05) is 12.5 Å². The number of aliphatic hydroxyl groups excluding tert-OH is 1. The predicted molar refractivity (Wildman–Crippen MR) is 35.7 cm³/mol. The third kappa shape index (κ3) is 2.78. The smallest absolute Gasteiger partial charge is 1.00 e. The molecule has 1 unspecified atom stereocenters. The van der Waals surface area contributed by atoms with Crippen LogP contribution in [0.2, 0.25) is 0 Å². The molecule has 0 radical (unpaired) electrons. The zero-order valence-corrected chi connectivity index (χ0v) is 9.05. The van der Waals surface area contributed by atoms with Gasteiger partial charge in [-0.3, -0.25) is 0 Å². The summed E-state index contributed by atoms with van der Waals surface area (Å²) >= 11 is 0. The van der Waals surface area contributed by atoms with Crippen LogP contribution < -0.4 is 29.6 Å². The average Bonchev–Trinajstić information content (AvgIpc) is 2.50. The van der Waals surface area contributed by atoms with Crippen LogP contribution in [0.4, 0.5) is 0 Å². The Morgan fingerprint density at radius 3 is 2.83 bits per heavy atom. The van der Waals surface area contributed by atoms with Crippen molar-refractivity contribution in [3.05, 3.63) is 5.21 Å². The zero-order chi connectivity index (χ0) is 8.27. The van der Waals surface area contributed by atoms with Crippen LogP contribution in [0.3, 0.4) is 0 Å². The van der Waals surface area contributed by atoms with E-state index in [4.69, 9.17) is 10.3 Å². The molecule has 7 heteroatoms. The van der Waals surface area contributed by atoms with Crippen LogP contribution in [0.5, 0.6) is 0 Å². The molecule has 6 nitrogen and oxygen atoms in total. The zero-order valence-electron chi connectivity index (χ0n) is 8.05. The summed E-state index contributed by atoms with van der Waals surface area (Å²) in [5.74, 6) is 0.133. The Balaban J connectivity index is 0. The molecule has 2 N–H and O–H groups in total. The Labute approximate surface area is 93.8 Å². The first kappa shape index (κ1) is 12.0. The van der Waals surface area contributed by atoms with Gasteiger partial charge >= 0.3 is 29.6 Å². The molecule has 0 amide bonds. The summed E-state index contributed by atoms with van der Waals surface area (Å²) in [5.41, 5.74) is 0. The van der Waals surface area contributed by atoms with Crippen molar-refractivity contribution < 1.29 is 46.3 Å². The molecule has 66 valence electrons. The van der Waals surface area contributed by atoms with Gasteiger partial charge in [0.25, 0.3) is 0 Å². The Morgan fingerprint density at radius 1 is 1.75 bits per heavy atom. The van der Waals surface area contributed by atoms with Gasteiger partial charge in [-0.2, -0.15) is 0 Å². The van der Waals surface area contributed by atoms with Gasteiger partial charge < -0.3 is 16.9 Å². The monoisotopic (exact) mass is 185 g/mol. The van der Waals surface area contributed by atoms with Crippen molar-refractivity contribution in [1.29, 1.82) is 0 Å². The summed E-state index contributed by atoms with van der Waals surface area (Å²) in [7, 11) is 0. The Hall–Kier alpha value is -0.0400. The summed E-state index contributed by atoms with van der Waals surface area (Å²) in [6.07, 6.45) is 0.769. The van der Waals surface area contributed by atoms with Crippen LogP contribution >= 0.6 is 0 Å². The number of nitrogens with zero attached hydrogens (tertiary/aromatic N) is 3. The molecular weight excluding hydrogens is 173 g/mol. The van der Waals surface area contributed by atoms with E-state index in [9.17, 15) is 5.21 Å². The van der Waals surface area contributed by atoms with E-state index in [2.05, 4.69) is 5.28 Å². The molecule has 0 bridgehead atoms. The quantitative estimate of drug-likeness (QED) is 0.204.